The Morgan fingerprint density at radius 1 is 1.15 bits per heavy atom. The van der Waals surface area contributed by atoms with Crippen molar-refractivity contribution in [3.63, 3.8) is 0 Å². The third kappa shape index (κ3) is 3.56. The zero-order valence-corrected chi connectivity index (χ0v) is 16.6. The van der Waals surface area contributed by atoms with E-state index in [0.29, 0.717) is 12.1 Å². The number of nitrogens with zero attached hydrogens (tertiary/aromatic N) is 2. The number of anilines is 1. The predicted octanol–water partition coefficient (Wildman–Crippen LogP) is 4.70. The standard InChI is InChI=1S/C20H18N4OS2/c1-12-23-18(22-10-13-5-3-6-14(9-13)19(25)21-2)17-15(11-27-20(17)24-12)16-7-4-8-26-16/h3-9,11H,10H2,1-2H3,(H,21,25)(H,22,23,24). The average Bonchev–Trinajstić information content (AvgIpc) is 3.35. The van der Waals surface area contributed by atoms with Gasteiger partial charge in [0, 0.05) is 35.0 Å². The summed E-state index contributed by atoms with van der Waals surface area (Å²) in [7, 11) is 1.64. The molecule has 0 fully saturated rings. The summed E-state index contributed by atoms with van der Waals surface area (Å²) in [6.07, 6.45) is 0. The molecule has 136 valence electrons. The first kappa shape index (κ1) is 17.6. The quantitative estimate of drug-likeness (QED) is 0.515. The topological polar surface area (TPSA) is 66.9 Å². The molecule has 0 aliphatic carbocycles. The molecule has 7 heteroatoms. The fourth-order valence-corrected chi connectivity index (χ4v) is 4.75. The molecule has 0 radical (unpaired) electrons. The number of carbonyl (C=O) groups excluding carboxylic acids is 1. The van der Waals surface area contributed by atoms with E-state index in [-0.39, 0.29) is 5.91 Å². The second-order valence-electron chi connectivity index (χ2n) is 6.06. The lowest BCUT2D eigenvalue weighted by Crippen LogP contribution is -2.18. The molecular formula is C20H18N4OS2. The number of thiophene rings is 2. The predicted molar refractivity (Wildman–Crippen MR) is 113 cm³/mol. The molecule has 0 saturated carbocycles. The van der Waals surface area contributed by atoms with Crippen LogP contribution in [0, 0.1) is 6.92 Å². The van der Waals surface area contributed by atoms with Gasteiger partial charge in [0.2, 0.25) is 0 Å². The largest absolute Gasteiger partial charge is 0.365 e. The second-order valence-corrected chi connectivity index (χ2v) is 7.87. The molecule has 0 saturated heterocycles. The number of benzene rings is 1. The van der Waals surface area contributed by atoms with Crippen molar-refractivity contribution >= 4 is 44.6 Å². The maximum atomic E-state index is 11.9. The van der Waals surface area contributed by atoms with Gasteiger partial charge in [0.15, 0.2) is 0 Å². The molecule has 27 heavy (non-hydrogen) atoms. The minimum Gasteiger partial charge on any atom is -0.365 e. The van der Waals surface area contributed by atoms with Crippen LogP contribution in [0.1, 0.15) is 21.7 Å². The van der Waals surface area contributed by atoms with Gasteiger partial charge in [0.25, 0.3) is 5.91 Å². The normalized spacial score (nSPS) is 10.9. The van der Waals surface area contributed by atoms with Gasteiger partial charge in [-0.25, -0.2) is 9.97 Å². The summed E-state index contributed by atoms with van der Waals surface area (Å²) in [5, 5.41) is 11.4. The number of aryl methyl sites for hydroxylation is 1. The van der Waals surface area contributed by atoms with Crippen molar-refractivity contribution in [2.75, 3.05) is 12.4 Å². The molecule has 0 bridgehead atoms. The van der Waals surface area contributed by atoms with Crippen molar-refractivity contribution in [2.45, 2.75) is 13.5 Å². The van der Waals surface area contributed by atoms with Crippen molar-refractivity contribution in [3.05, 3.63) is 64.1 Å². The van der Waals surface area contributed by atoms with E-state index in [0.717, 1.165) is 33.0 Å². The molecule has 3 aromatic heterocycles. The van der Waals surface area contributed by atoms with Crippen LogP contribution < -0.4 is 10.6 Å². The van der Waals surface area contributed by atoms with Crippen LogP contribution in [0.3, 0.4) is 0 Å². The summed E-state index contributed by atoms with van der Waals surface area (Å²) < 4.78 is 0. The zero-order chi connectivity index (χ0) is 18.8. The van der Waals surface area contributed by atoms with Crippen LogP contribution in [0.25, 0.3) is 20.7 Å². The van der Waals surface area contributed by atoms with Crippen LogP contribution in [-0.2, 0) is 6.54 Å². The summed E-state index contributed by atoms with van der Waals surface area (Å²) in [4.78, 5) is 23.3. The van der Waals surface area contributed by atoms with E-state index >= 15 is 0 Å². The second kappa shape index (κ2) is 7.46. The van der Waals surface area contributed by atoms with Crippen LogP contribution >= 0.6 is 22.7 Å². The van der Waals surface area contributed by atoms with Gasteiger partial charge in [-0.05, 0) is 36.1 Å². The first-order valence-electron chi connectivity index (χ1n) is 8.50. The van der Waals surface area contributed by atoms with Crippen molar-refractivity contribution in [3.8, 4) is 10.4 Å². The van der Waals surface area contributed by atoms with E-state index < -0.39 is 0 Å². The Kier molecular flexibility index (Phi) is 4.87. The molecule has 2 N–H and O–H groups in total. The maximum absolute atomic E-state index is 11.9. The SMILES string of the molecule is CNC(=O)c1cccc(CNc2nc(C)nc3scc(-c4cccs4)c23)c1. The highest BCUT2D eigenvalue weighted by molar-refractivity contribution is 7.18. The molecule has 1 aromatic carbocycles. The Balaban J connectivity index is 1.68. The molecule has 0 aliphatic rings. The van der Waals surface area contributed by atoms with E-state index in [1.54, 1.807) is 29.7 Å². The van der Waals surface area contributed by atoms with Crippen LogP contribution in [-0.4, -0.2) is 22.9 Å². The Hall–Kier alpha value is -2.77. The van der Waals surface area contributed by atoms with Gasteiger partial charge in [-0.3, -0.25) is 4.79 Å². The summed E-state index contributed by atoms with van der Waals surface area (Å²) in [5.41, 5.74) is 2.83. The van der Waals surface area contributed by atoms with Crippen molar-refractivity contribution in [1.29, 1.82) is 0 Å². The maximum Gasteiger partial charge on any atom is 0.251 e. The highest BCUT2D eigenvalue weighted by Crippen LogP contribution is 2.38. The summed E-state index contributed by atoms with van der Waals surface area (Å²) in [6.45, 7) is 2.48. The lowest BCUT2D eigenvalue weighted by molar-refractivity contribution is 0.0963. The van der Waals surface area contributed by atoms with Crippen molar-refractivity contribution < 1.29 is 4.79 Å². The van der Waals surface area contributed by atoms with E-state index in [9.17, 15) is 4.79 Å². The van der Waals surface area contributed by atoms with Gasteiger partial charge in [-0.15, -0.1) is 22.7 Å². The van der Waals surface area contributed by atoms with E-state index in [2.05, 4.69) is 43.5 Å². The van der Waals surface area contributed by atoms with Crippen LogP contribution in [0.15, 0.2) is 47.2 Å². The summed E-state index contributed by atoms with van der Waals surface area (Å²) in [6, 6.07) is 11.8. The Morgan fingerprint density at radius 2 is 2.04 bits per heavy atom. The molecule has 4 rings (SSSR count). The van der Waals surface area contributed by atoms with Crippen molar-refractivity contribution in [2.24, 2.45) is 0 Å². The van der Waals surface area contributed by atoms with Crippen molar-refractivity contribution in [1.82, 2.24) is 15.3 Å². The van der Waals surface area contributed by atoms with Crippen LogP contribution in [0.5, 0.6) is 0 Å². The van der Waals surface area contributed by atoms with Gasteiger partial charge < -0.3 is 10.6 Å². The average molecular weight is 395 g/mol. The monoisotopic (exact) mass is 394 g/mol. The number of amides is 1. The molecule has 0 spiro atoms. The van der Waals surface area contributed by atoms with Crippen LogP contribution in [0.4, 0.5) is 5.82 Å². The number of carbonyl (C=O) groups is 1. The smallest absolute Gasteiger partial charge is 0.251 e. The van der Waals surface area contributed by atoms with Crippen LogP contribution in [0.2, 0.25) is 0 Å². The number of aromatic nitrogens is 2. The lowest BCUT2D eigenvalue weighted by atomic mass is 10.1. The summed E-state index contributed by atoms with van der Waals surface area (Å²) in [5.74, 6) is 1.48. The van der Waals surface area contributed by atoms with E-state index in [4.69, 9.17) is 0 Å². The third-order valence-electron chi connectivity index (χ3n) is 4.21. The lowest BCUT2D eigenvalue weighted by Gasteiger charge is -2.10. The molecule has 3 heterocycles. The molecule has 0 atom stereocenters. The number of hydrogen-bond donors (Lipinski definition) is 2. The third-order valence-corrected chi connectivity index (χ3v) is 5.98. The van der Waals surface area contributed by atoms with Gasteiger partial charge >= 0.3 is 0 Å². The molecule has 0 unspecified atom stereocenters. The van der Waals surface area contributed by atoms with Gasteiger partial charge in [0.1, 0.15) is 16.5 Å². The first-order chi connectivity index (χ1) is 13.2. The Labute approximate surface area is 165 Å². The van der Waals surface area contributed by atoms with E-state index in [1.165, 1.54) is 4.88 Å². The van der Waals surface area contributed by atoms with E-state index in [1.807, 2.05) is 31.2 Å². The number of hydrogen-bond acceptors (Lipinski definition) is 6. The molecule has 5 nitrogen and oxygen atoms in total. The highest BCUT2D eigenvalue weighted by Gasteiger charge is 2.15. The minimum atomic E-state index is -0.0880. The van der Waals surface area contributed by atoms with Gasteiger partial charge in [-0.1, -0.05) is 18.2 Å². The summed E-state index contributed by atoms with van der Waals surface area (Å²) >= 11 is 3.34. The first-order valence-corrected chi connectivity index (χ1v) is 10.3. The Morgan fingerprint density at radius 3 is 2.81 bits per heavy atom. The number of nitrogens with one attached hydrogen (secondary N) is 2. The Bertz CT molecular complexity index is 1100. The fraction of sp³-hybridized carbons (Fsp3) is 0.150. The van der Waals surface area contributed by atoms with Gasteiger partial charge in [0.05, 0.1) is 5.39 Å². The molecule has 1 amide bonds. The number of fused-ring (bicyclic) bond motifs is 1. The zero-order valence-electron chi connectivity index (χ0n) is 14.9. The van der Waals surface area contributed by atoms with Gasteiger partial charge in [-0.2, -0.15) is 0 Å². The molecule has 0 aliphatic heterocycles. The number of rotatable bonds is 5. The molecule has 4 aromatic rings. The molecular weight excluding hydrogens is 376 g/mol. The fourth-order valence-electron chi connectivity index (χ4n) is 2.94. The minimum absolute atomic E-state index is 0.0880. The highest BCUT2D eigenvalue weighted by atomic mass is 32.1.